The van der Waals surface area contributed by atoms with E-state index in [0.717, 1.165) is 0 Å². The Morgan fingerprint density at radius 1 is 1.24 bits per heavy atom. The molecule has 8 nitrogen and oxygen atoms in total. The summed E-state index contributed by atoms with van der Waals surface area (Å²) in [7, 11) is 0. The van der Waals surface area contributed by atoms with Gasteiger partial charge in [-0.25, -0.2) is 4.98 Å². The van der Waals surface area contributed by atoms with Crippen molar-refractivity contribution in [3.63, 3.8) is 0 Å². The normalized spacial score (nSPS) is 14.5. The monoisotopic (exact) mass is 362 g/mol. The smallest absolute Gasteiger partial charge is 0.256 e. The number of benzene rings is 1. The van der Waals surface area contributed by atoms with Crippen LogP contribution in [0.1, 0.15) is 10.4 Å². The van der Waals surface area contributed by atoms with Crippen LogP contribution in [-0.4, -0.2) is 47.2 Å². The lowest BCUT2D eigenvalue weighted by Gasteiger charge is -2.35. The number of nitrogens with zero attached hydrogens (tertiary/aromatic N) is 4. The van der Waals surface area contributed by atoms with Crippen LogP contribution in [0.4, 0.5) is 17.2 Å². The van der Waals surface area contributed by atoms with Crippen LogP contribution in [0, 0.1) is 5.21 Å². The predicted octanol–water partition coefficient (Wildman–Crippen LogP) is 1.97. The molecule has 1 aliphatic rings. The van der Waals surface area contributed by atoms with Crippen LogP contribution in [0.5, 0.6) is 0 Å². The minimum absolute atomic E-state index is 0.0639. The van der Waals surface area contributed by atoms with Gasteiger partial charge in [-0.1, -0.05) is 11.6 Å². The van der Waals surface area contributed by atoms with E-state index in [9.17, 15) is 10.0 Å². The molecule has 132 valence electrons. The maximum Gasteiger partial charge on any atom is 0.256 e. The maximum atomic E-state index is 12.6. The Morgan fingerprint density at radius 3 is 2.56 bits per heavy atom. The number of rotatable bonds is 3. The summed E-state index contributed by atoms with van der Waals surface area (Å²) in [5.74, 6) is 0.533. The zero-order chi connectivity index (χ0) is 18.0. The van der Waals surface area contributed by atoms with E-state index in [1.807, 2.05) is 4.90 Å². The van der Waals surface area contributed by atoms with E-state index in [4.69, 9.17) is 22.5 Å². The first-order chi connectivity index (χ1) is 12.0. The van der Waals surface area contributed by atoms with Crippen LogP contribution < -0.4 is 15.9 Å². The van der Waals surface area contributed by atoms with E-state index in [0.29, 0.717) is 48.3 Å². The largest absolute Gasteiger partial charge is 0.733 e. The molecule has 2 aromatic rings. The van der Waals surface area contributed by atoms with Crippen LogP contribution in [0.25, 0.3) is 0 Å². The highest BCUT2D eigenvalue weighted by atomic mass is 35.5. The van der Waals surface area contributed by atoms with Crippen molar-refractivity contribution >= 4 is 34.7 Å². The highest BCUT2D eigenvalue weighted by Gasteiger charge is 2.24. The van der Waals surface area contributed by atoms with Crippen LogP contribution in [0.2, 0.25) is 5.02 Å². The van der Waals surface area contributed by atoms with Gasteiger partial charge in [-0.3, -0.25) is 10.0 Å². The summed E-state index contributed by atoms with van der Waals surface area (Å²) in [6.45, 7) is 2.22. The molecule has 0 aliphatic carbocycles. The summed E-state index contributed by atoms with van der Waals surface area (Å²) < 4.78 is 0. The molecule has 3 rings (SSSR count). The first-order valence-electron chi connectivity index (χ1n) is 7.67. The molecule has 1 saturated heterocycles. The molecule has 9 heteroatoms. The molecule has 0 spiro atoms. The van der Waals surface area contributed by atoms with Crippen molar-refractivity contribution in [3.05, 3.63) is 52.3 Å². The molecular formula is C16H17ClN5O3-. The fourth-order valence-electron chi connectivity index (χ4n) is 2.70. The van der Waals surface area contributed by atoms with Gasteiger partial charge in [0.25, 0.3) is 5.91 Å². The molecule has 1 amide bonds. The highest BCUT2D eigenvalue weighted by molar-refractivity contribution is 6.31. The third-order valence-corrected chi connectivity index (χ3v) is 4.32. The second-order valence-corrected chi connectivity index (χ2v) is 6.09. The van der Waals surface area contributed by atoms with Crippen molar-refractivity contribution < 1.29 is 10.0 Å². The van der Waals surface area contributed by atoms with E-state index in [2.05, 4.69) is 4.98 Å². The number of amides is 1. The van der Waals surface area contributed by atoms with Gasteiger partial charge in [-0.05, 0) is 30.3 Å². The predicted molar refractivity (Wildman–Crippen MR) is 95.9 cm³/mol. The van der Waals surface area contributed by atoms with E-state index in [-0.39, 0.29) is 16.8 Å². The SMILES string of the molecule is Nc1ccc(Cl)cc1C(=O)N1CCN(c2ccc(N([O-])O)cn2)CC1. The van der Waals surface area contributed by atoms with E-state index < -0.39 is 0 Å². The minimum Gasteiger partial charge on any atom is -0.733 e. The van der Waals surface area contributed by atoms with Gasteiger partial charge in [0, 0.05) is 36.9 Å². The number of nitrogens with two attached hydrogens (primary N) is 1. The number of aromatic nitrogens is 1. The van der Waals surface area contributed by atoms with Gasteiger partial charge < -0.3 is 26.0 Å². The summed E-state index contributed by atoms with van der Waals surface area (Å²) in [5.41, 5.74) is 6.75. The number of anilines is 3. The van der Waals surface area contributed by atoms with Crippen molar-refractivity contribution in [2.75, 3.05) is 42.0 Å². The van der Waals surface area contributed by atoms with Crippen molar-refractivity contribution in [1.82, 2.24) is 9.88 Å². The first-order valence-corrected chi connectivity index (χ1v) is 8.05. The summed E-state index contributed by atoms with van der Waals surface area (Å²) in [5, 5.41) is 19.9. The Balaban J connectivity index is 1.65. The number of halogens is 1. The van der Waals surface area contributed by atoms with Crippen molar-refractivity contribution in [2.24, 2.45) is 0 Å². The quantitative estimate of drug-likeness (QED) is 0.634. The lowest BCUT2D eigenvalue weighted by atomic mass is 10.1. The maximum absolute atomic E-state index is 12.6. The Morgan fingerprint density at radius 2 is 1.96 bits per heavy atom. The zero-order valence-electron chi connectivity index (χ0n) is 13.3. The number of nitrogen functional groups attached to an aromatic ring is 1. The molecule has 3 N–H and O–H groups in total. The van der Waals surface area contributed by atoms with Gasteiger partial charge in [-0.2, -0.15) is 0 Å². The summed E-state index contributed by atoms with van der Waals surface area (Å²) in [4.78, 5) is 20.5. The highest BCUT2D eigenvalue weighted by Crippen LogP contribution is 2.22. The molecule has 2 heterocycles. The molecule has 1 aromatic carbocycles. The first kappa shape index (κ1) is 17.3. The average molecular weight is 363 g/mol. The molecule has 0 bridgehead atoms. The Bertz CT molecular complexity index is 761. The number of carbonyl (C=O) groups is 1. The number of piperazine rings is 1. The zero-order valence-corrected chi connectivity index (χ0v) is 14.1. The van der Waals surface area contributed by atoms with Crippen molar-refractivity contribution in [1.29, 1.82) is 0 Å². The molecule has 0 saturated carbocycles. The summed E-state index contributed by atoms with van der Waals surface area (Å²) >= 11 is 5.95. The Hall–Kier alpha value is -2.55. The second kappa shape index (κ2) is 7.14. The van der Waals surface area contributed by atoms with Gasteiger partial charge in [0.2, 0.25) is 0 Å². The number of hydrogen-bond acceptors (Lipinski definition) is 7. The van der Waals surface area contributed by atoms with Gasteiger partial charge in [-0.15, -0.1) is 0 Å². The fraction of sp³-hybridized carbons (Fsp3) is 0.250. The second-order valence-electron chi connectivity index (χ2n) is 5.66. The van der Waals surface area contributed by atoms with Crippen LogP contribution in [0.3, 0.4) is 0 Å². The minimum atomic E-state index is -0.233. The third-order valence-electron chi connectivity index (χ3n) is 4.09. The average Bonchev–Trinajstić information content (AvgIpc) is 2.63. The number of carbonyl (C=O) groups excluding carboxylic acids is 1. The van der Waals surface area contributed by atoms with Gasteiger partial charge >= 0.3 is 0 Å². The Kier molecular flexibility index (Phi) is 4.93. The lowest BCUT2D eigenvalue weighted by molar-refractivity contribution is 0.0747. The van der Waals surface area contributed by atoms with E-state index in [1.165, 1.54) is 12.3 Å². The summed E-state index contributed by atoms with van der Waals surface area (Å²) in [6.07, 6.45) is 1.30. The van der Waals surface area contributed by atoms with E-state index in [1.54, 1.807) is 29.2 Å². The molecule has 1 aliphatic heterocycles. The van der Waals surface area contributed by atoms with Crippen molar-refractivity contribution in [3.8, 4) is 0 Å². The molecule has 1 fully saturated rings. The summed E-state index contributed by atoms with van der Waals surface area (Å²) in [6, 6.07) is 7.99. The van der Waals surface area contributed by atoms with Crippen molar-refractivity contribution in [2.45, 2.75) is 0 Å². The van der Waals surface area contributed by atoms with Gasteiger partial charge in [0.15, 0.2) is 0 Å². The Labute approximate surface area is 149 Å². The molecule has 25 heavy (non-hydrogen) atoms. The molecule has 0 unspecified atom stereocenters. The van der Waals surface area contributed by atoms with Crippen LogP contribution in [-0.2, 0) is 0 Å². The number of hydrogen-bond donors (Lipinski definition) is 2. The van der Waals surface area contributed by atoms with Crippen LogP contribution in [0.15, 0.2) is 36.5 Å². The standard InChI is InChI=1S/C16H17ClN5O3/c17-11-1-3-14(18)13(9-11)16(23)21-7-5-20(6-8-21)15-4-2-12(10-19-15)22(24)25/h1-4,9-10,24H,5-8,18H2/q-1. The van der Waals surface area contributed by atoms with Crippen LogP contribution >= 0.6 is 11.6 Å². The van der Waals surface area contributed by atoms with Gasteiger partial charge in [0.1, 0.15) is 5.82 Å². The fourth-order valence-corrected chi connectivity index (χ4v) is 2.87. The van der Waals surface area contributed by atoms with Gasteiger partial charge in [0.05, 0.1) is 17.4 Å². The molecule has 1 aromatic heterocycles. The molecule has 0 atom stereocenters. The third kappa shape index (κ3) is 3.76. The lowest BCUT2D eigenvalue weighted by Crippen LogP contribution is -2.49. The molecular weight excluding hydrogens is 346 g/mol. The van der Waals surface area contributed by atoms with E-state index >= 15 is 0 Å². The topological polar surface area (TPSA) is 109 Å². The molecule has 0 radical (unpaired) electrons. The number of pyridine rings is 1.